The zero-order chi connectivity index (χ0) is 18.6. The standard InChI is InChI=1S/C17H20N4OS3/c1-11(2)17(4,10-18)19-14(22)9-24-15-20-21(16(23)25-15)13-8-6-5-7-12(13)3/h5-8,11H,9H2,1-4H3,(H,19,22)/t17-/m1/s1. The number of rotatable bonds is 6. The summed E-state index contributed by atoms with van der Waals surface area (Å²) >= 11 is 8.10. The van der Waals surface area contributed by atoms with Crippen LogP contribution in [0.5, 0.6) is 0 Å². The van der Waals surface area contributed by atoms with E-state index in [9.17, 15) is 10.1 Å². The van der Waals surface area contributed by atoms with Gasteiger partial charge < -0.3 is 5.32 Å². The van der Waals surface area contributed by atoms with Gasteiger partial charge in [0.05, 0.1) is 17.5 Å². The summed E-state index contributed by atoms with van der Waals surface area (Å²) < 4.78 is 3.09. The Kier molecular flexibility index (Phi) is 6.38. The number of benzene rings is 1. The van der Waals surface area contributed by atoms with Crippen molar-refractivity contribution in [2.24, 2.45) is 5.92 Å². The molecule has 0 aliphatic rings. The molecule has 1 atom stereocenters. The minimum Gasteiger partial charge on any atom is -0.337 e. The first-order valence-electron chi connectivity index (χ1n) is 7.78. The molecule has 1 heterocycles. The molecular weight excluding hydrogens is 372 g/mol. The number of hydrogen-bond donors (Lipinski definition) is 1. The van der Waals surface area contributed by atoms with Crippen molar-refractivity contribution < 1.29 is 4.79 Å². The SMILES string of the molecule is Cc1ccccc1-n1nc(SCC(=O)N[C@](C)(C#N)C(C)C)sc1=S. The van der Waals surface area contributed by atoms with Crippen LogP contribution in [-0.2, 0) is 4.79 Å². The molecule has 1 aromatic heterocycles. The lowest BCUT2D eigenvalue weighted by Crippen LogP contribution is -2.49. The summed E-state index contributed by atoms with van der Waals surface area (Å²) in [5.74, 6) is 0.0279. The number of carbonyl (C=O) groups is 1. The second-order valence-electron chi connectivity index (χ2n) is 6.14. The van der Waals surface area contributed by atoms with E-state index in [0.717, 1.165) is 15.6 Å². The lowest BCUT2D eigenvalue weighted by Gasteiger charge is -2.27. The Labute approximate surface area is 161 Å². The zero-order valence-corrected chi connectivity index (χ0v) is 17.0. The first kappa shape index (κ1) is 19.6. The third-order valence-corrected chi connectivity index (χ3v) is 6.35. The van der Waals surface area contributed by atoms with E-state index in [1.165, 1.54) is 23.1 Å². The van der Waals surface area contributed by atoms with E-state index in [2.05, 4.69) is 16.5 Å². The van der Waals surface area contributed by atoms with Gasteiger partial charge in [-0.1, -0.05) is 55.1 Å². The average molecular weight is 393 g/mol. The predicted octanol–water partition coefficient (Wildman–Crippen LogP) is 4.12. The van der Waals surface area contributed by atoms with Crippen molar-refractivity contribution in [1.82, 2.24) is 15.1 Å². The summed E-state index contributed by atoms with van der Waals surface area (Å²) in [5, 5.41) is 16.6. The number of nitriles is 1. The van der Waals surface area contributed by atoms with Crippen LogP contribution in [0.25, 0.3) is 5.69 Å². The highest BCUT2D eigenvalue weighted by molar-refractivity contribution is 8.01. The van der Waals surface area contributed by atoms with E-state index in [1.807, 2.05) is 45.0 Å². The zero-order valence-electron chi connectivity index (χ0n) is 14.6. The minimum absolute atomic E-state index is 0.0220. The summed E-state index contributed by atoms with van der Waals surface area (Å²) in [6, 6.07) is 10.1. The van der Waals surface area contributed by atoms with Crippen LogP contribution < -0.4 is 5.32 Å². The molecule has 25 heavy (non-hydrogen) atoms. The highest BCUT2D eigenvalue weighted by Gasteiger charge is 2.29. The Bertz CT molecular complexity index is 865. The summed E-state index contributed by atoms with van der Waals surface area (Å²) in [6.07, 6.45) is 0. The van der Waals surface area contributed by atoms with Gasteiger partial charge in [-0.2, -0.15) is 5.26 Å². The van der Waals surface area contributed by atoms with Gasteiger partial charge in [0.1, 0.15) is 5.54 Å². The number of para-hydroxylation sites is 1. The fraction of sp³-hybridized carbons (Fsp3) is 0.412. The number of nitrogens with zero attached hydrogens (tertiary/aromatic N) is 3. The maximum atomic E-state index is 12.2. The fourth-order valence-electron chi connectivity index (χ4n) is 2.03. The molecule has 0 radical (unpaired) electrons. The van der Waals surface area contributed by atoms with E-state index in [0.29, 0.717) is 3.95 Å². The maximum Gasteiger partial charge on any atom is 0.231 e. The molecule has 2 rings (SSSR count). The van der Waals surface area contributed by atoms with Gasteiger partial charge in [0.2, 0.25) is 5.91 Å². The van der Waals surface area contributed by atoms with Crippen LogP contribution in [0.2, 0.25) is 0 Å². The molecule has 1 amide bonds. The second kappa shape index (κ2) is 8.13. The van der Waals surface area contributed by atoms with Gasteiger partial charge in [0.25, 0.3) is 0 Å². The van der Waals surface area contributed by atoms with Crippen LogP contribution in [0, 0.1) is 28.1 Å². The van der Waals surface area contributed by atoms with Crippen LogP contribution >= 0.6 is 35.3 Å². The highest BCUT2D eigenvalue weighted by atomic mass is 32.2. The molecule has 0 fully saturated rings. The van der Waals surface area contributed by atoms with Crippen molar-refractivity contribution in [2.75, 3.05) is 5.75 Å². The first-order chi connectivity index (χ1) is 11.8. The van der Waals surface area contributed by atoms with Crippen molar-refractivity contribution in [3.05, 3.63) is 33.8 Å². The largest absolute Gasteiger partial charge is 0.337 e. The number of aryl methyl sites for hydroxylation is 1. The Morgan fingerprint density at radius 1 is 1.52 bits per heavy atom. The maximum absolute atomic E-state index is 12.2. The van der Waals surface area contributed by atoms with Crippen LogP contribution in [0.15, 0.2) is 28.6 Å². The number of hydrogen-bond acceptors (Lipinski definition) is 6. The minimum atomic E-state index is -0.870. The third kappa shape index (κ3) is 4.69. The number of thioether (sulfide) groups is 1. The molecule has 0 aliphatic heterocycles. The number of nitrogens with one attached hydrogen (secondary N) is 1. The van der Waals surface area contributed by atoms with Gasteiger partial charge in [-0.3, -0.25) is 4.79 Å². The summed E-state index contributed by atoms with van der Waals surface area (Å²) in [5.41, 5.74) is 1.15. The van der Waals surface area contributed by atoms with Crippen LogP contribution in [-0.4, -0.2) is 27.0 Å². The highest BCUT2D eigenvalue weighted by Crippen LogP contribution is 2.25. The van der Waals surface area contributed by atoms with E-state index < -0.39 is 5.54 Å². The molecule has 1 aromatic carbocycles. The first-order valence-corrected chi connectivity index (χ1v) is 9.99. The lowest BCUT2D eigenvalue weighted by atomic mass is 9.90. The van der Waals surface area contributed by atoms with Gasteiger partial charge in [-0.15, -0.1) is 5.10 Å². The molecule has 0 unspecified atom stereocenters. The van der Waals surface area contributed by atoms with Gasteiger partial charge >= 0.3 is 0 Å². The molecule has 0 bridgehead atoms. The molecule has 8 heteroatoms. The fourth-order valence-corrected chi connectivity index (χ4v) is 4.17. The normalized spacial score (nSPS) is 13.3. The smallest absolute Gasteiger partial charge is 0.231 e. The summed E-state index contributed by atoms with van der Waals surface area (Å²) in [6.45, 7) is 7.56. The number of carbonyl (C=O) groups excluding carboxylic acids is 1. The average Bonchev–Trinajstić information content (AvgIpc) is 2.94. The van der Waals surface area contributed by atoms with E-state index in [1.54, 1.807) is 11.6 Å². The van der Waals surface area contributed by atoms with Crippen LogP contribution in [0.4, 0.5) is 0 Å². The van der Waals surface area contributed by atoms with Crippen molar-refractivity contribution >= 4 is 41.2 Å². The second-order valence-corrected chi connectivity index (χ2v) is 8.98. The Morgan fingerprint density at radius 2 is 2.20 bits per heavy atom. The lowest BCUT2D eigenvalue weighted by molar-refractivity contribution is -0.120. The van der Waals surface area contributed by atoms with Gasteiger partial charge in [-0.25, -0.2) is 4.68 Å². The van der Waals surface area contributed by atoms with Crippen molar-refractivity contribution in [2.45, 2.75) is 37.6 Å². The number of amides is 1. The quantitative estimate of drug-likeness (QED) is 0.591. The monoisotopic (exact) mass is 392 g/mol. The topological polar surface area (TPSA) is 70.7 Å². The molecule has 0 aliphatic carbocycles. The molecule has 5 nitrogen and oxygen atoms in total. The van der Waals surface area contributed by atoms with E-state index >= 15 is 0 Å². The van der Waals surface area contributed by atoms with Gasteiger partial charge in [-0.05, 0) is 43.6 Å². The van der Waals surface area contributed by atoms with Crippen LogP contribution in [0.3, 0.4) is 0 Å². The Balaban J connectivity index is 2.07. The Hall–Kier alpha value is -1.69. The molecular formula is C17H20N4OS3. The van der Waals surface area contributed by atoms with E-state index in [4.69, 9.17) is 12.2 Å². The molecule has 132 valence electrons. The van der Waals surface area contributed by atoms with Crippen molar-refractivity contribution in [1.29, 1.82) is 5.26 Å². The molecule has 0 spiro atoms. The van der Waals surface area contributed by atoms with Crippen LogP contribution in [0.1, 0.15) is 26.3 Å². The predicted molar refractivity (Wildman–Crippen MR) is 105 cm³/mol. The van der Waals surface area contributed by atoms with Crippen molar-refractivity contribution in [3.8, 4) is 11.8 Å². The summed E-state index contributed by atoms with van der Waals surface area (Å²) in [7, 11) is 0. The molecule has 0 saturated heterocycles. The van der Waals surface area contributed by atoms with Gasteiger partial charge in [0, 0.05) is 0 Å². The molecule has 1 N–H and O–H groups in total. The molecule has 2 aromatic rings. The van der Waals surface area contributed by atoms with Crippen molar-refractivity contribution in [3.63, 3.8) is 0 Å². The van der Waals surface area contributed by atoms with Gasteiger partial charge in [0.15, 0.2) is 8.29 Å². The third-order valence-electron chi connectivity index (χ3n) is 3.99. The number of aromatic nitrogens is 2. The summed E-state index contributed by atoms with van der Waals surface area (Å²) in [4.78, 5) is 12.2. The van der Waals surface area contributed by atoms with E-state index in [-0.39, 0.29) is 17.6 Å². The molecule has 0 saturated carbocycles. The Morgan fingerprint density at radius 3 is 2.80 bits per heavy atom.